The van der Waals surface area contributed by atoms with E-state index in [0.717, 1.165) is 24.8 Å². The standard InChI is InChI=1S/C24H32FN3O4S/c1-17-8-5-6-13-28(17)33(30,31)23-15-19(11-12-22(23)32-4)24(29)26-16-21(27(2)3)18-9-7-10-20(25)14-18/h7,9-12,14-15,17,21H,5-6,8,13,16H2,1-4H3,(H,26,29). The monoisotopic (exact) mass is 477 g/mol. The Balaban J connectivity index is 1.84. The number of nitrogens with one attached hydrogen (secondary N) is 1. The number of nitrogens with zero attached hydrogens (tertiary/aromatic N) is 2. The Morgan fingerprint density at radius 2 is 2.00 bits per heavy atom. The van der Waals surface area contributed by atoms with Crippen LogP contribution in [0.5, 0.6) is 5.75 Å². The first-order valence-corrected chi connectivity index (χ1v) is 12.5. The molecule has 1 aliphatic heterocycles. The van der Waals surface area contributed by atoms with Crippen LogP contribution in [0.1, 0.15) is 48.1 Å². The number of likely N-dealkylation sites (N-methyl/N-ethyl adjacent to an activating group) is 1. The minimum absolute atomic E-state index is 0.0132. The molecule has 0 radical (unpaired) electrons. The SMILES string of the molecule is COc1ccc(C(=O)NCC(c2cccc(F)c2)N(C)C)cc1S(=O)(=O)N1CCCCC1C. The van der Waals surface area contributed by atoms with Gasteiger partial charge in [0.15, 0.2) is 0 Å². The number of piperidine rings is 1. The average Bonchev–Trinajstić information content (AvgIpc) is 2.78. The van der Waals surface area contributed by atoms with Gasteiger partial charge in [-0.25, -0.2) is 12.8 Å². The predicted octanol–water partition coefficient (Wildman–Crippen LogP) is 3.43. The number of rotatable bonds is 8. The smallest absolute Gasteiger partial charge is 0.251 e. The van der Waals surface area contributed by atoms with Crippen molar-refractivity contribution in [3.05, 3.63) is 59.4 Å². The highest BCUT2D eigenvalue weighted by atomic mass is 32.2. The van der Waals surface area contributed by atoms with E-state index in [2.05, 4.69) is 5.32 Å². The number of hydrogen-bond acceptors (Lipinski definition) is 5. The zero-order valence-electron chi connectivity index (χ0n) is 19.5. The molecule has 1 fully saturated rings. The second-order valence-electron chi connectivity index (χ2n) is 8.57. The molecule has 0 aliphatic carbocycles. The highest BCUT2D eigenvalue weighted by Crippen LogP contribution is 2.31. The maximum absolute atomic E-state index is 13.7. The van der Waals surface area contributed by atoms with Gasteiger partial charge < -0.3 is 15.0 Å². The van der Waals surface area contributed by atoms with E-state index < -0.39 is 15.9 Å². The molecule has 2 unspecified atom stereocenters. The van der Waals surface area contributed by atoms with Gasteiger partial charge in [0.05, 0.1) is 13.2 Å². The zero-order chi connectivity index (χ0) is 24.2. The number of carbonyl (C=O) groups excluding carboxylic acids is 1. The second kappa shape index (κ2) is 10.6. The first kappa shape index (κ1) is 25.1. The molecule has 0 aromatic heterocycles. The molecule has 2 aromatic rings. The summed E-state index contributed by atoms with van der Waals surface area (Å²) in [6.45, 7) is 2.57. The number of amides is 1. The fourth-order valence-corrected chi connectivity index (χ4v) is 6.06. The largest absolute Gasteiger partial charge is 0.495 e. The van der Waals surface area contributed by atoms with E-state index >= 15 is 0 Å². The van der Waals surface area contributed by atoms with Gasteiger partial charge in [0.25, 0.3) is 5.91 Å². The number of benzene rings is 2. The second-order valence-corrected chi connectivity index (χ2v) is 10.4. The van der Waals surface area contributed by atoms with Crippen molar-refractivity contribution in [2.24, 2.45) is 0 Å². The summed E-state index contributed by atoms with van der Waals surface area (Å²) in [4.78, 5) is 14.8. The Bertz CT molecular complexity index is 1090. The van der Waals surface area contributed by atoms with Crippen LogP contribution >= 0.6 is 0 Å². The fraction of sp³-hybridized carbons (Fsp3) is 0.458. The normalized spacial score (nSPS) is 18.2. The maximum Gasteiger partial charge on any atom is 0.251 e. The Labute approximate surface area is 195 Å². The molecule has 9 heteroatoms. The van der Waals surface area contributed by atoms with Crippen molar-refractivity contribution < 1.29 is 22.3 Å². The number of sulfonamides is 1. The molecule has 1 N–H and O–H groups in total. The van der Waals surface area contributed by atoms with E-state index in [0.29, 0.717) is 6.54 Å². The van der Waals surface area contributed by atoms with Gasteiger partial charge in [-0.3, -0.25) is 4.79 Å². The van der Waals surface area contributed by atoms with Crippen molar-refractivity contribution >= 4 is 15.9 Å². The summed E-state index contributed by atoms with van der Waals surface area (Å²) in [6, 6.07) is 10.3. The van der Waals surface area contributed by atoms with Crippen molar-refractivity contribution in [1.29, 1.82) is 0 Å². The summed E-state index contributed by atoms with van der Waals surface area (Å²) >= 11 is 0. The first-order valence-electron chi connectivity index (χ1n) is 11.0. The predicted molar refractivity (Wildman–Crippen MR) is 125 cm³/mol. The fourth-order valence-electron chi connectivity index (χ4n) is 4.18. The van der Waals surface area contributed by atoms with Gasteiger partial charge in [-0.2, -0.15) is 4.31 Å². The van der Waals surface area contributed by atoms with Crippen LogP contribution < -0.4 is 10.1 Å². The summed E-state index contributed by atoms with van der Waals surface area (Å²) in [7, 11) is 1.28. The Hall–Kier alpha value is -2.49. The van der Waals surface area contributed by atoms with Gasteiger partial charge in [0, 0.05) is 24.7 Å². The molecular weight excluding hydrogens is 445 g/mol. The summed E-state index contributed by atoms with van der Waals surface area (Å²) < 4.78 is 47.3. The van der Waals surface area contributed by atoms with Crippen LogP contribution in [-0.2, 0) is 10.0 Å². The van der Waals surface area contributed by atoms with Gasteiger partial charge in [-0.15, -0.1) is 0 Å². The lowest BCUT2D eigenvalue weighted by atomic mass is 10.1. The number of halogens is 1. The number of carbonyl (C=O) groups is 1. The molecule has 33 heavy (non-hydrogen) atoms. The summed E-state index contributed by atoms with van der Waals surface area (Å²) in [5, 5.41) is 2.85. The Kier molecular flexibility index (Phi) is 8.10. The van der Waals surface area contributed by atoms with E-state index in [1.165, 1.54) is 35.7 Å². The van der Waals surface area contributed by atoms with E-state index in [9.17, 15) is 17.6 Å². The van der Waals surface area contributed by atoms with Crippen molar-refractivity contribution in [2.45, 2.75) is 43.2 Å². The average molecular weight is 478 g/mol. The van der Waals surface area contributed by atoms with E-state index in [-0.39, 0.29) is 40.7 Å². The molecule has 0 bridgehead atoms. The van der Waals surface area contributed by atoms with Gasteiger partial charge in [0.2, 0.25) is 10.0 Å². The molecule has 1 amide bonds. The Morgan fingerprint density at radius 3 is 2.64 bits per heavy atom. The van der Waals surface area contributed by atoms with Crippen LogP contribution in [-0.4, -0.2) is 63.9 Å². The third-order valence-corrected chi connectivity index (χ3v) is 8.10. The van der Waals surface area contributed by atoms with Crippen LogP contribution in [0.4, 0.5) is 4.39 Å². The van der Waals surface area contributed by atoms with Crippen LogP contribution in [0.25, 0.3) is 0 Å². The minimum Gasteiger partial charge on any atom is -0.495 e. The third kappa shape index (κ3) is 5.72. The Morgan fingerprint density at radius 1 is 1.24 bits per heavy atom. The van der Waals surface area contributed by atoms with Crippen LogP contribution in [0, 0.1) is 5.82 Å². The highest BCUT2D eigenvalue weighted by molar-refractivity contribution is 7.89. The number of methoxy groups -OCH3 is 1. The molecule has 0 spiro atoms. The maximum atomic E-state index is 13.7. The molecule has 3 rings (SSSR count). The summed E-state index contributed by atoms with van der Waals surface area (Å²) in [5.41, 5.74) is 0.952. The summed E-state index contributed by atoms with van der Waals surface area (Å²) in [5.74, 6) is -0.554. The van der Waals surface area contributed by atoms with Gasteiger partial charge in [-0.05, 0) is 69.8 Å². The minimum atomic E-state index is -3.82. The van der Waals surface area contributed by atoms with Crippen LogP contribution in [0.2, 0.25) is 0 Å². The molecule has 180 valence electrons. The number of hydrogen-bond donors (Lipinski definition) is 1. The molecule has 1 heterocycles. The third-order valence-electron chi connectivity index (χ3n) is 6.07. The van der Waals surface area contributed by atoms with Crippen molar-refractivity contribution in [3.63, 3.8) is 0 Å². The highest BCUT2D eigenvalue weighted by Gasteiger charge is 2.33. The molecule has 2 atom stereocenters. The van der Waals surface area contributed by atoms with Gasteiger partial charge >= 0.3 is 0 Å². The van der Waals surface area contributed by atoms with Crippen LogP contribution in [0.15, 0.2) is 47.4 Å². The molecule has 2 aromatic carbocycles. The summed E-state index contributed by atoms with van der Waals surface area (Å²) in [6.07, 6.45) is 2.59. The van der Waals surface area contributed by atoms with Crippen molar-refractivity contribution in [1.82, 2.24) is 14.5 Å². The van der Waals surface area contributed by atoms with E-state index in [1.54, 1.807) is 18.2 Å². The lowest BCUT2D eigenvalue weighted by molar-refractivity contribution is 0.0941. The van der Waals surface area contributed by atoms with Crippen molar-refractivity contribution in [3.8, 4) is 5.75 Å². The molecule has 1 saturated heterocycles. The quantitative estimate of drug-likeness (QED) is 0.630. The van der Waals surface area contributed by atoms with Gasteiger partial charge in [-0.1, -0.05) is 18.6 Å². The first-order chi connectivity index (χ1) is 15.6. The number of ether oxygens (including phenoxy) is 1. The van der Waals surface area contributed by atoms with E-state index in [1.807, 2.05) is 25.9 Å². The lowest BCUT2D eigenvalue weighted by Gasteiger charge is -2.32. The van der Waals surface area contributed by atoms with Crippen molar-refractivity contribution in [2.75, 3.05) is 34.3 Å². The topological polar surface area (TPSA) is 79.0 Å². The van der Waals surface area contributed by atoms with E-state index in [4.69, 9.17) is 4.74 Å². The lowest BCUT2D eigenvalue weighted by Crippen LogP contribution is -2.42. The molecule has 7 nitrogen and oxygen atoms in total. The van der Waals surface area contributed by atoms with Crippen LogP contribution in [0.3, 0.4) is 0 Å². The zero-order valence-corrected chi connectivity index (χ0v) is 20.4. The molecule has 0 saturated carbocycles. The van der Waals surface area contributed by atoms with Gasteiger partial charge in [0.1, 0.15) is 16.5 Å². The molecule has 1 aliphatic rings. The molecular formula is C24H32FN3O4S.